The van der Waals surface area contributed by atoms with Crippen LogP contribution in [0.3, 0.4) is 0 Å². The number of fused-ring (bicyclic) bond motifs is 1. The van der Waals surface area contributed by atoms with Crippen molar-refractivity contribution in [3.8, 4) is 5.75 Å². The third kappa shape index (κ3) is 3.37. The molecule has 4 heteroatoms. The van der Waals surface area contributed by atoms with E-state index in [2.05, 4.69) is 11.4 Å². The standard InChI is InChI=1S/C17H16ClNO2/c18-15-6-1-2-7-16(15)19-17(20)11-21-14-9-8-12-4-3-5-13(12)10-14/h1-2,6-10H,3-5,11H2,(H,19,20). The largest absolute Gasteiger partial charge is 0.484 e. The zero-order valence-corrected chi connectivity index (χ0v) is 12.3. The number of para-hydroxylation sites is 1. The highest BCUT2D eigenvalue weighted by atomic mass is 35.5. The van der Waals surface area contributed by atoms with Gasteiger partial charge in [0.05, 0.1) is 10.7 Å². The van der Waals surface area contributed by atoms with Crippen molar-refractivity contribution >= 4 is 23.2 Å². The van der Waals surface area contributed by atoms with Gasteiger partial charge in [-0.3, -0.25) is 4.79 Å². The van der Waals surface area contributed by atoms with Gasteiger partial charge >= 0.3 is 0 Å². The van der Waals surface area contributed by atoms with Crippen LogP contribution in [0.4, 0.5) is 5.69 Å². The number of hydrogen-bond donors (Lipinski definition) is 1. The summed E-state index contributed by atoms with van der Waals surface area (Å²) in [6, 6.07) is 13.2. The Morgan fingerprint density at radius 3 is 2.81 bits per heavy atom. The zero-order valence-electron chi connectivity index (χ0n) is 11.6. The molecular weight excluding hydrogens is 286 g/mol. The van der Waals surface area contributed by atoms with Crippen molar-refractivity contribution in [3.05, 3.63) is 58.6 Å². The van der Waals surface area contributed by atoms with Gasteiger partial charge in [-0.25, -0.2) is 0 Å². The molecule has 0 aromatic heterocycles. The van der Waals surface area contributed by atoms with Crippen molar-refractivity contribution < 1.29 is 9.53 Å². The zero-order chi connectivity index (χ0) is 14.7. The fraction of sp³-hybridized carbons (Fsp3) is 0.235. The van der Waals surface area contributed by atoms with E-state index in [4.69, 9.17) is 16.3 Å². The molecule has 21 heavy (non-hydrogen) atoms. The second kappa shape index (κ2) is 6.19. The normalized spacial score (nSPS) is 12.8. The summed E-state index contributed by atoms with van der Waals surface area (Å²) in [5.74, 6) is 0.522. The summed E-state index contributed by atoms with van der Waals surface area (Å²) in [6.07, 6.45) is 3.44. The molecule has 3 rings (SSSR count). The lowest BCUT2D eigenvalue weighted by Gasteiger charge is -2.09. The van der Waals surface area contributed by atoms with Crippen LogP contribution in [0.2, 0.25) is 5.02 Å². The van der Waals surface area contributed by atoms with Gasteiger partial charge in [-0.2, -0.15) is 0 Å². The highest BCUT2D eigenvalue weighted by Crippen LogP contribution is 2.26. The van der Waals surface area contributed by atoms with E-state index in [0.717, 1.165) is 18.6 Å². The molecule has 1 aliphatic rings. The predicted molar refractivity (Wildman–Crippen MR) is 84.0 cm³/mol. The topological polar surface area (TPSA) is 38.3 Å². The van der Waals surface area contributed by atoms with Crippen molar-refractivity contribution in [1.29, 1.82) is 0 Å². The quantitative estimate of drug-likeness (QED) is 0.931. The number of benzene rings is 2. The van der Waals surface area contributed by atoms with Crippen LogP contribution < -0.4 is 10.1 Å². The monoisotopic (exact) mass is 301 g/mol. The van der Waals surface area contributed by atoms with E-state index in [0.29, 0.717) is 10.7 Å². The molecule has 0 aliphatic heterocycles. The fourth-order valence-corrected chi connectivity index (χ4v) is 2.72. The summed E-state index contributed by atoms with van der Waals surface area (Å²) >= 11 is 5.99. The molecule has 0 bridgehead atoms. The summed E-state index contributed by atoms with van der Waals surface area (Å²) in [4.78, 5) is 11.9. The van der Waals surface area contributed by atoms with E-state index in [1.807, 2.05) is 24.3 Å². The minimum Gasteiger partial charge on any atom is -0.484 e. The molecule has 0 unspecified atom stereocenters. The number of rotatable bonds is 4. The van der Waals surface area contributed by atoms with E-state index in [1.165, 1.54) is 17.5 Å². The number of nitrogens with one attached hydrogen (secondary N) is 1. The Morgan fingerprint density at radius 1 is 1.14 bits per heavy atom. The van der Waals surface area contributed by atoms with Crippen LogP contribution in [0, 0.1) is 0 Å². The van der Waals surface area contributed by atoms with Crippen LogP contribution in [0.15, 0.2) is 42.5 Å². The summed E-state index contributed by atoms with van der Waals surface area (Å²) in [7, 11) is 0. The first-order valence-electron chi connectivity index (χ1n) is 7.01. The van der Waals surface area contributed by atoms with Crippen molar-refractivity contribution in [1.82, 2.24) is 0 Å². The number of halogens is 1. The maximum atomic E-state index is 11.9. The molecule has 0 fully saturated rings. The molecular formula is C17H16ClNO2. The summed E-state index contributed by atoms with van der Waals surface area (Å²) < 4.78 is 5.55. The Bertz CT molecular complexity index is 670. The van der Waals surface area contributed by atoms with Gasteiger partial charge in [-0.15, -0.1) is 0 Å². The van der Waals surface area contributed by atoms with E-state index in [-0.39, 0.29) is 12.5 Å². The minimum absolute atomic E-state index is 0.0238. The Morgan fingerprint density at radius 2 is 1.95 bits per heavy atom. The number of amides is 1. The Balaban J connectivity index is 1.58. The molecule has 2 aromatic rings. The predicted octanol–water partition coefficient (Wildman–Crippen LogP) is 3.85. The average Bonchev–Trinajstić information content (AvgIpc) is 2.95. The number of carbonyl (C=O) groups excluding carboxylic acids is 1. The van der Waals surface area contributed by atoms with Crippen LogP contribution in [-0.4, -0.2) is 12.5 Å². The lowest BCUT2D eigenvalue weighted by Crippen LogP contribution is -2.20. The van der Waals surface area contributed by atoms with Gasteiger partial charge < -0.3 is 10.1 Å². The SMILES string of the molecule is O=C(COc1ccc2c(c1)CCC2)Nc1ccccc1Cl. The van der Waals surface area contributed by atoms with Gasteiger partial charge in [0.15, 0.2) is 6.61 Å². The Kier molecular flexibility index (Phi) is 4.11. The van der Waals surface area contributed by atoms with Gasteiger partial charge in [0.1, 0.15) is 5.75 Å². The molecule has 3 nitrogen and oxygen atoms in total. The molecule has 1 N–H and O–H groups in total. The number of hydrogen-bond acceptors (Lipinski definition) is 2. The minimum atomic E-state index is -0.219. The van der Waals surface area contributed by atoms with Crippen LogP contribution in [0.5, 0.6) is 5.75 Å². The number of anilines is 1. The molecule has 0 saturated carbocycles. The van der Waals surface area contributed by atoms with Gasteiger partial charge in [-0.1, -0.05) is 29.8 Å². The fourth-order valence-electron chi connectivity index (χ4n) is 2.54. The van der Waals surface area contributed by atoms with Crippen LogP contribution in [0.1, 0.15) is 17.5 Å². The van der Waals surface area contributed by atoms with Crippen LogP contribution >= 0.6 is 11.6 Å². The maximum Gasteiger partial charge on any atom is 0.262 e. The van der Waals surface area contributed by atoms with E-state index in [1.54, 1.807) is 12.1 Å². The average molecular weight is 302 g/mol. The third-order valence-corrected chi connectivity index (χ3v) is 3.92. The Labute approximate surface area is 128 Å². The third-order valence-electron chi connectivity index (χ3n) is 3.59. The van der Waals surface area contributed by atoms with Crippen molar-refractivity contribution in [2.45, 2.75) is 19.3 Å². The van der Waals surface area contributed by atoms with Crippen molar-refractivity contribution in [2.24, 2.45) is 0 Å². The number of carbonyl (C=O) groups is 1. The molecule has 2 aromatic carbocycles. The van der Waals surface area contributed by atoms with E-state index >= 15 is 0 Å². The van der Waals surface area contributed by atoms with Crippen molar-refractivity contribution in [2.75, 3.05) is 11.9 Å². The molecule has 0 heterocycles. The molecule has 0 radical (unpaired) electrons. The lowest BCUT2D eigenvalue weighted by atomic mass is 10.1. The molecule has 0 saturated heterocycles. The first-order chi connectivity index (χ1) is 10.2. The second-order valence-corrected chi connectivity index (χ2v) is 5.51. The van der Waals surface area contributed by atoms with E-state index in [9.17, 15) is 4.79 Å². The van der Waals surface area contributed by atoms with E-state index < -0.39 is 0 Å². The molecule has 0 spiro atoms. The molecule has 108 valence electrons. The second-order valence-electron chi connectivity index (χ2n) is 5.10. The molecule has 1 aliphatic carbocycles. The first kappa shape index (κ1) is 14.0. The van der Waals surface area contributed by atoms with Gasteiger partial charge in [0, 0.05) is 0 Å². The molecule has 1 amide bonds. The van der Waals surface area contributed by atoms with Crippen molar-refractivity contribution in [3.63, 3.8) is 0 Å². The number of ether oxygens (including phenoxy) is 1. The first-order valence-corrected chi connectivity index (χ1v) is 7.39. The lowest BCUT2D eigenvalue weighted by molar-refractivity contribution is -0.118. The highest BCUT2D eigenvalue weighted by Gasteiger charge is 2.12. The van der Waals surface area contributed by atoms with Crippen LogP contribution in [-0.2, 0) is 17.6 Å². The van der Waals surface area contributed by atoms with Gasteiger partial charge in [0.25, 0.3) is 5.91 Å². The van der Waals surface area contributed by atoms with Gasteiger partial charge in [-0.05, 0) is 54.7 Å². The summed E-state index contributed by atoms with van der Waals surface area (Å²) in [5, 5.41) is 3.25. The maximum absolute atomic E-state index is 11.9. The summed E-state index contributed by atoms with van der Waals surface area (Å²) in [6.45, 7) is -0.0238. The Hall–Kier alpha value is -2.00. The smallest absolute Gasteiger partial charge is 0.262 e. The number of aryl methyl sites for hydroxylation is 2. The molecule has 0 atom stereocenters. The van der Waals surface area contributed by atoms with Gasteiger partial charge in [0.2, 0.25) is 0 Å². The van der Waals surface area contributed by atoms with Crippen LogP contribution in [0.25, 0.3) is 0 Å². The highest BCUT2D eigenvalue weighted by molar-refractivity contribution is 6.33. The summed E-state index contributed by atoms with van der Waals surface area (Å²) in [5.41, 5.74) is 3.32.